The van der Waals surface area contributed by atoms with E-state index in [2.05, 4.69) is 28.3 Å². The highest BCUT2D eigenvalue weighted by atomic mass is 16.1. The molecule has 0 amide bonds. The van der Waals surface area contributed by atoms with Crippen molar-refractivity contribution in [1.82, 2.24) is 15.3 Å². The maximum Gasteiger partial charge on any atom is 0.252 e. The molecule has 2 heterocycles. The molecule has 0 aliphatic heterocycles. The predicted molar refractivity (Wildman–Crippen MR) is 88.8 cm³/mol. The first-order valence-corrected chi connectivity index (χ1v) is 7.36. The van der Waals surface area contributed by atoms with Crippen LogP contribution >= 0.6 is 0 Å². The van der Waals surface area contributed by atoms with Crippen LogP contribution in [-0.4, -0.2) is 9.97 Å². The Bertz CT molecular complexity index is 853. The molecule has 2 aromatic heterocycles. The molecule has 0 atom stereocenters. The second-order valence-electron chi connectivity index (χ2n) is 5.63. The molecular weight excluding hydrogens is 274 g/mol. The van der Waals surface area contributed by atoms with Gasteiger partial charge in [0.2, 0.25) is 0 Å². The zero-order valence-electron chi connectivity index (χ0n) is 12.8. The molecule has 0 radical (unpaired) electrons. The van der Waals surface area contributed by atoms with E-state index in [0.29, 0.717) is 13.1 Å². The van der Waals surface area contributed by atoms with Gasteiger partial charge < -0.3 is 10.3 Å². The van der Waals surface area contributed by atoms with Crippen molar-refractivity contribution in [3.05, 3.63) is 75.3 Å². The first kappa shape index (κ1) is 14.5. The molecule has 0 saturated carbocycles. The first-order chi connectivity index (χ1) is 10.6. The van der Waals surface area contributed by atoms with Crippen LogP contribution in [0.2, 0.25) is 0 Å². The lowest BCUT2D eigenvalue weighted by Crippen LogP contribution is -2.21. The van der Waals surface area contributed by atoms with E-state index in [1.165, 1.54) is 5.56 Å². The molecule has 22 heavy (non-hydrogen) atoms. The highest BCUT2D eigenvalue weighted by Gasteiger charge is 2.05. The van der Waals surface area contributed by atoms with Crippen LogP contribution in [0.15, 0.2) is 47.5 Å². The Hall–Kier alpha value is -2.46. The summed E-state index contributed by atoms with van der Waals surface area (Å²) in [4.78, 5) is 19.3. The molecule has 4 nitrogen and oxygen atoms in total. The molecule has 0 spiro atoms. The number of rotatable bonds is 4. The molecule has 0 fully saturated rings. The van der Waals surface area contributed by atoms with Gasteiger partial charge in [0.1, 0.15) is 0 Å². The lowest BCUT2D eigenvalue weighted by Gasteiger charge is -2.08. The van der Waals surface area contributed by atoms with Gasteiger partial charge in [0.05, 0.1) is 0 Å². The Morgan fingerprint density at radius 2 is 2.05 bits per heavy atom. The predicted octanol–water partition coefficient (Wildman–Crippen LogP) is 2.83. The van der Waals surface area contributed by atoms with Crippen molar-refractivity contribution in [2.45, 2.75) is 26.9 Å². The normalized spacial score (nSPS) is 11.0. The number of aromatic amines is 1. The number of hydrogen-bond donors (Lipinski definition) is 2. The van der Waals surface area contributed by atoms with Crippen LogP contribution in [0.25, 0.3) is 10.9 Å². The molecule has 0 bridgehead atoms. The topological polar surface area (TPSA) is 57.8 Å². The molecule has 0 aliphatic rings. The lowest BCUT2D eigenvalue weighted by molar-refractivity contribution is 0.686. The van der Waals surface area contributed by atoms with Crippen LogP contribution in [0.5, 0.6) is 0 Å². The largest absolute Gasteiger partial charge is 0.322 e. The summed E-state index contributed by atoms with van der Waals surface area (Å²) >= 11 is 0. The van der Waals surface area contributed by atoms with Crippen molar-refractivity contribution in [2.24, 2.45) is 0 Å². The highest BCUT2D eigenvalue weighted by molar-refractivity contribution is 5.83. The number of aromatic nitrogens is 2. The van der Waals surface area contributed by atoms with Crippen molar-refractivity contribution in [3.63, 3.8) is 0 Å². The zero-order chi connectivity index (χ0) is 15.5. The fourth-order valence-electron chi connectivity index (χ4n) is 2.69. The second kappa shape index (κ2) is 6.12. The Labute approximate surface area is 129 Å². The SMILES string of the molecule is Cc1cc(C)c2cc(CNCc3cccnc3)c(=O)[nH]c2c1. The summed E-state index contributed by atoms with van der Waals surface area (Å²) < 4.78 is 0. The van der Waals surface area contributed by atoms with Gasteiger partial charge in [-0.25, -0.2) is 0 Å². The van der Waals surface area contributed by atoms with Gasteiger partial charge in [-0.15, -0.1) is 0 Å². The van der Waals surface area contributed by atoms with Gasteiger partial charge in [0.25, 0.3) is 5.56 Å². The van der Waals surface area contributed by atoms with Crippen molar-refractivity contribution < 1.29 is 0 Å². The number of benzene rings is 1. The number of aryl methyl sites for hydroxylation is 2. The van der Waals surface area contributed by atoms with Crippen LogP contribution in [0.4, 0.5) is 0 Å². The van der Waals surface area contributed by atoms with Crippen molar-refractivity contribution in [3.8, 4) is 0 Å². The van der Waals surface area contributed by atoms with E-state index >= 15 is 0 Å². The van der Waals surface area contributed by atoms with Crippen LogP contribution in [0.1, 0.15) is 22.3 Å². The summed E-state index contributed by atoms with van der Waals surface area (Å²) in [6.45, 7) is 5.33. The summed E-state index contributed by atoms with van der Waals surface area (Å²) in [5, 5.41) is 4.39. The van der Waals surface area contributed by atoms with Crippen LogP contribution in [0, 0.1) is 13.8 Å². The maximum atomic E-state index is 12.2. The summed E-state index contributed by atoms with van der Waals surface area (Å²) in [7, 11) is 0. The van der Waals surface area contributed by atoms with Crippen molar-refractivity contribution in [2.75, 3.05) is 0 Å². The molecule has 0 aliphatic carbocycles. The van der Waals surface area contributed by atoms with Gasteiger partial charge in [-0.05, 0) is 48.7 Å². The average Bonchev–Trinajstić information content (AvgIpc) is 2.49. The number of hydrogen-bond acceptors (Lipinski definition) is 3. The minimum atomic E-state index is -0.0313. The van der Waals surface area contributed by atoms with E-state index in [4.69, 9.17) is 0 Å². The third-order valence-electron chi connectivity index (χ3n) is 3.76. The monoisotopic (exact) mass is 293 g/mol. The Morgan fingerprint density at radius 1 is 1.18 bits per heavy atom. The third-order valence-corrected chi connectivity index (χ3v) is 3.76. The van der Waals surface area contributed by atoms with E-state index in [9.17, 15) is 4.79 Å². The number of pyridine rings is 2. The number of fused-ring (bicyclic) bond motifs is 1. The Balaban J connectivity index is 1.82. The van der Waals surface area contributed by atoms with Gasteiger partial charge >= 0.3 is 0 Å². The van der Waals surface area contributed by atoms with Crippen LogP contribution in [0.3, 0.4) is 0 Å². The summed E-state index contributed by atoms with van der Waals surface area (Å²) in [5.74, 6) is 0. The van der Waals surface area contributed by atoms with Gasteiger partial charge in [-0.2, -0.15) is 0 Å². The third kappa shape index (κ3) is 3.07. The van der Waals surface area contributed by atoms with E-state index in [1.54, 1.807) is 6.20 Å². The van der Waals surface area contributed by atoms with Gasteiger partial charge in [0.15, 0.2) is 0 Å². The molecular formula is C18H19N3O. The molecule has 0 saturated heterocycles. The molecule has 2 N–H and O–H groups in total. The standard InChI is InChI=1S/C18H19N3O/c1-12-6-13(2)16-8-15(18(22)21-17(16)7-12)11-20-10-14-4-3-5-19-9-14/h3-9,20H,10-11H2,1-2H3,(H,21,22). The molecule has 4 heteroatoms. The number of nitrogens with zero attached hydrogens (tertiary/aromatic N) is 1. The second-order valence-corrected chi connectivity index (χ2v) is 5.63. The summed E-state index contributed by atoms with van der Waals surface area (Å²) in [6, 6.07) is 10.0. The van der Waals surface area contributed by atoms with Gasteiger partial charge in [-0.1, -0.05) is 12.1 Å². The zero-order valence-corrected chi connectivity index (χ0v) is 12.8. The van der Waals surface area contributed by atoms with E-state index < -0.39 is 0 Å². The summed E-state index contributed by atoms with van der Waals surface area (Å²) in [5.41, 5.74) is 5.06. The lowest BCUT2D eigenvalue weighted by atomic mass is 10.0. The fourth-order valence-corrected chi connectivity index (χ4v) is 2.69. The Kier molecular flexibility index (Phi) is 4.02. The average molecular weight is 293 g/mol. The minimum Gasteiger partial charge on any atom is -0.322 e. The molecule has 112 valence electrons. The van der Waals surface area contributed by atoms with Crippen molar-refractivity contribution in [1.29, 1.82) is 0 Å². The van der Waals surface area contributed by atoms with E-state index in [0.717, 1.165) is 27.6 Å². The smallest absolute Gasteiger partial charge is 0.252 e. The molecule has 0 unspecified atom stereocenters. The summed E-state index contributed by atoms with van der Waals surface area (Å²) in [6.07, 6.45) is 3.58. The minimum absolute atomic E-state index is 0.0313. The van der Waals surface area contributed by atoms with Gasteiger partial charge in [-0.3, -0.25) is 9.78 Å². The molecule has 1 aromatic carbocycles. The maximum absolute atomic E-state index is 12.2. The Morgan fingerprint density at radius 3 is 2.82 bits per heavy atom. The highest BCUT2D eigenvalue weighted by Crippen LogP contribution is 2.18. The van der Waals surface area contributed by atoms with Gasteiger partial charge in [0, 0.05) is 41.9 Å². The van der Waals surface area contributed by atoms with Crippen molar-refractivity contribution >= 4 is 10.9 Å². The van der Waals surface area contributed by atoms with Crippen LogP contribution in [-0.2, 0) is 13.1 Å². The first-order valence-electron chi connectivity index (χ1n) is 7.36. The van der Waals surface area contributed by atoms with E-state index in [1.807, 2.05) is 37.4 Å². The fraction of sp³-hybridized carbons (Fsp3) is 0.222. The number of H-pyrrole nitrogens is 1. The number of nitrogens with one attached hydrogen (secondary N) is 2. The van der Waals surface area contributed by atoms with E-state index in [-0.39, 0.29) is 5.56 Å². The quantitative estimate of drug-likeness (QED) is 0.777. The van der Waals surface area contributed by atoms with Crippen LogP contribution < -0.4 is 10.9 Å². The molecule has 3 rings (SSSR count). The molecule has 3 aromatic rings.